The topological polar surface area (TPSA) is 44.3 Å². The van der Waals surface area contributed by atoms with E-state index in [9.17, 15) is 0 Å². The normalized spacial score (nSPS) is 23.6. The summed E-state index contributed by atoms with van der Waals surface area (Å²) in [6.45, 7) is 2.08. The molecule has 1 aromatic rings. The summed E-state index contributed by atoms with van der Waals surface area (Å²) < 4.78 is 0. The van der Waals surface area contributed by atoms with Crippen LogP contribution in [-0.4, -0.2) is 53.5 Å². The van der Waals surface area contributed by atoms with Gasteiger partial charge in [-0.15, -0.1) is 0 Å². The van der Waals surface area contributed by atoms with Crippen molar-refractivity contribution >= 4 is 5.82 Å². The van der Waals surface area contributed by atoms with Gasteiger partial charge in [0.2, 0.25) is 0 Å². The molecule has 2 fully saturated rings. The van der Waals surface area contributed by atoms with Crippen molar-refractivity contribution in [1.82, 2.24) is 19.8 Å². The number of hydrogen-bond donors (Lipinski definition) is 1. The second kappa shape index (κ2) is 7.58. The smallest absolute Gasteiger partial charge is 0.148 e. The molecule has 0 amide bonds. The van der Waals surface area contributed by atoms with Gasteiger partial charge in [-0.05, 0) is 46.3 Å². The molecule has 23 heavy (non-hydrogen) atoms. The first-order chi connectivity index (χ1) is 11.2. The lowest BCUT2D eigenvalue weighted by atomic mass is 9.98. The molecular formula is C18H31N5. The minimum atomic E-state index is 0.404. The first-order valence-electron chi connectivity index (χ1n) is 9.13. The number of anilines is 1. The Morgan fingerprint density at radius 3 is 2.57 bits per heavy atom. The highest BCUT2D eigenvalue weighted by molar-refractivity contribution is 5.35. The minimum Gasteiger partial charge on any atom is -0.373 e. The van der Waals surface area contributed by atoms with E-state index in [0.29, 0.717) is 6.04 Å². The third-order valence-corrected chi connectivity index (χ3v) is 5.17. The molecule has 0 spiro atoms. The van der Waals surface area contributed by atoms with E-state index in [1.807, 2.05) is 7.05 Å². The molecule has 1 aliphatic carbocycles. The Bertz CT molecular complexity index is 510. The van der Waals surface area contributed by atoms with E-state index >= 15 is 0 Å². The van der Waals surface area contributed by atoms with Gasteiger partial charge < -0.3 is 10.2 Å². The first-order valence-corrected chi connectivity index (χ1v) is 9.13. The van der Waals surface area contributed by atoms with Crippen LogP contribution in [0.4, 0.5) is 5.82 Å². The van der Waals surface area contributed by atoms with Crippen LogP contribution < -0.4 is 5.32 Å². The van der Waals surface area contributed by atoms with Crippen molar-refractivity contribution in [2.24, 2.45) is 0 Å². The SMILES string of the molecule is CNc1cc(CN(C)C)nc([C@H]2CCCCN2C2CCCC2)n1. The molecule has 0 aromatic carbocycles. The molecule has 128 valence electrons. The van der Waals surface area contributed by atoms with Crippen molar-refractivity contribution in [3.8, 4) is 0 Å². The molecule has 1 N–H and O–H groups in total. The van der Waals surface area contributed by atoms with Crippen LogP contribution in [-0.2, 0) is 6.54 Å². The highest BCUT2D eigenvalue weighted by Gasteiger charge is 2.33. The lowest BCUT2D eigenvalue weighted by Crippen LogP contribution is -2.41. The fourth-order valence-electron chi connectivity index (χ4n) is 4.10. The zero-order valence-corrected chi connectivity index (χ0v) is 14.9. The molecule has 1 aromatic heterocycles. The molecule has 0 unspecified atom stereocenters. The molecule has 0 bridgehead atoms. The molecule has 2 aliphatic rings. The predicted octanol–water partition coefficient (Wildman–Crippen LogP) is 3.05. The highest BCUT2D eigenvalue weighted by Crippen LogP contribution is 2.36. The summed E-state index contributed by atoms with van der Waals surface area (Å²) in [5.41, 5.74) is 1.11. The average molecular weight is 317 g/mol. The van der Waals surface area contributed by atoms with Crippen molar-refractivity contribution in [3.05, 3.63) is 17.6 Å². The van der Waals surface area contributed by atoms with Crippen LogP contribution in [0, 0.1) is 0 Å². The summed E-state index contributed by atoms with van der Waals surface area (Å²) >= 11 is 0. The van der Waals surface area contributed by atoms with E-state index in [1.165, 1.54) is 51.5 Å². The fourth-order valence-corrected chi connectivity index (χ4v) is 4.10. The predicted molar refractivity (Wildman–Crippen MR) is 94.5 cm³/mol. The Balaban J connectivity index is 1.87. The second-order valence-electron chi connectivity index (χ2n) is 7.28. The van der Waals surface area contributed by atoms with Crippen LogP contribution in [0.2, 0.25) is 0 Å². The third-order valence-electron chi connectivity index (χ3n) is 5.17. The molecule has 3 rings (SSSR count). The number of aromatic nitrogens is 2. The summed E-state index contributed by atoms with van der Waals surface area (Å²) in [5.74, 6) is 1.98. The highest BCUT2D eigenvalue weighted by atomic mass is 15.2. The summed E-state index contributed by atoms with van der Waals surface area (Å²) in [4.78, 5) is 14.6. The van der Waals surface area contributed by atoms with Gasteiger partial charge in [0.15, 0.2) is 0 Å². The van der Waals surface area contributed by atoms with Gasteiger partial charge in [-0.3, -0.25) is 4.90 Å². The molecular weight excluding hydrogens is 286 g/mol. The molecule has 5 heteroatoms. The molecule has 1 atom stereocenters. The van der Waals surface area contributed by atoms with Gasteiger partial charge in [-0.2, -0.15) is 0 Å². The number of nitrogens with one attached hydrogen (secondary N) is 1. The Labute approximate surface area is 140 Å². The van der Waals surface area contributed by atoms with Gasteiger partial charge in [0.25, 0.3) is 0 Å². The van der Waals surface area contributed by atoms with Crippen LogP contribution in [0.5, 0.6) is 0 Å². The Hall–Kier alpha value is -1.20. The fraction of sp³-hybridized carbons (Fsp3) is 0.778. The van der Waals surface area contributed by atoms with Crippen molar-refractivity contribution in [2.45, 2.75) is 63.6 Å². The van der Waals surface area contributed by atoms with Crippen LogP contribution in [0.25, 0.3) is 0 Å². The molecule has 0 radical (unpaired) electrons. The van der Waals surface area contributed by atoms with E-state index in [-0.39, 0.29) is 0 Å². The number of piperidine rings is 1. The number of nitrogens with zero attached hydrogens (tertiary/aromatic N) is 4. The lowest BCUT2D eigenvalue weighted by Gasteiger charge is -2.39. The first kappa shape index (κ1) is 16.7. The lowest BCUT2D eigenvalue weighted by molar-refractivity contribution is 0.0913. The van der Waals surface area contributed by atoms with Crippen molar-refractivity contribution in [3.63, 3.8) is 0 Å². The number of rotatable bonds is 5. The maximum atomic E-state index is 4.93. The summed E-state index contributed by atoms with van der Waals surface area (Å²) in [7, 11) is 6.12. The van der Waals surface area contributed by atoms with Gasteiger partial charge in [-0.25, -0.2) is 9.97 Å². The quantitative estimate of drug-likeness (QED) is 0.904. The van der Waals surface area contributed by atoms with Crippen molar-refractivity contribution < 1.29 is 0 Å². The Kier molecular flexibility index (Phi) is 5.49. The second-order valence-corrected chi connectivity index (χ2v) is 7.28. The van der Waals surface area contributed by atoms with Crippen LogP contribution in [0.15, 0.2) is 6.07 Å². The van der Waals surface area contributed by atoms with Gasteiger partial charge in [0.05, 0.1) is 11.7 Å². The maximum absolute atomic E-state index is 4.93. The standard InChI is InChI=1S/C18H31N5/c1-19-17-12-14(13-22(2)3)20-18(21-17)16-10-6-7-11-23(16)15-8-4-5-9-15/h12,15-16H,4-11,13H2,1-3H3,(H,19,20,21)/t16-/m1/s1. The summed E-state index contributed by atoms with van der Waals surface area (Å²) in [5, 5.41) is 3.22. The number of likely N-dealkylation sites (tertiary alicyclic amines) is 1. The number of hydrogen-bond acceptors (Lipinski definition) is 5. The monoisotopic (exact) mass is 317 g/mol. The van der Waals surface area contributed by atoms with E-state index in [2.05, 4.69) is 35.3 Å². The van der Waals surface area contributed by atoms with Crippen LogP contribution in [0.1, 0.15) is 62.5 Å². The summed E-state index contributed by atoms with van der Waals surface area (Å²) in [6, 6.07) is 3.23. The van der Waals surface area contributed by atoms with Gasteiger partial charge in [0.1, 0.15) is 11.6 Å². The maximum Gasteiger partial charge on any atom is 0.148 e. The zero-order chi connectivity index (χ0) is 16.2. The zero-order valence-electron chi connectivity index (χ0n) is 14.9. The van der Waals surface area contributed by atoms with E-state index in [1.54, 1.807) is 0 Å². The Morgan fingerprint density at radius 1 is 1.13 bits per heavy atom. The van der Waals surface area contributed by atoms with E-state index in [0.717, 1.165) is 29.9 Å². The Morgan fingerprint density at radius 2 is 1.87 bits per heavy atom. The average Bonchev–Trinajstić information content (AvgIpc) is 3.08. The van der Waals surface area contributed by atoms with Gasteiger partial charge in [-0.1, -0.05) is 19.3 Å². The van der Waals surface area contributed by atoms with Crippen LogP contribution >= 0.6 is 0 Å². The molecule has 1 saturated carbocycles. The van der Waals surface area contributed by atoms with Crippen molar-refractivity contribution in [1.29, 1.82) is 0 Å². The van der Waals surface area contributed by atoms with E-state index < -0.39 is 0 Å². The molecule has 5 nitrogen and oxygen atoms in total. The summed E-state index contributed by atoms with van der Waals surface area (Å²) in [6.07, 6.45) is 9.30. The van der Waals surface area contributed by atoms with Crippen molar-refractivity contribution in [2.75, 3.05) is 33.0 Å². The largest absolute Gasteiger partial charge is 0.373 e. The van der Waals surface area contributed by atoms with Gasteiger partial charge in [0, 0.05) is 25.7 Å². The third kappa shape index (κ3) is 4.01. The molecule has 2 heterocycles. The molecule has 1 saturated heterocycles. The molecule has 1 aliphatic heterocycles. The minimum absolute atomic E-state index is 0.404. The van der Waals surface area contributed by atoms with E-state index in [4.69, 9.17) is 9.97 Å². The van der Waals surface area contributed by atoms with Gasteiger partial charge >= 0.3 is 0 Å². The van der Waals surface area contributed by atoms with Crippen LogP contribution in [0.3, 0.4) is 0 Å².